The molecule has 0 aliphatic heterocycles. The fourth-order valence-corrected chi connectivity index (χ4v) is 1.52. The monoisotopic (exact) mass is 247 g/mol. The van der Waals surface area contributed by atoms with Crippen molar-refractivity contribution in [1.29, 1.82) is 0 Å². The molecule has 0 spiro atoms. The summed E-state index contributed by atoms with van der Waals surface area (Å²) in [6, 6.07) is 4.67. The summed E-state index contributed by atoms with van der Waals surface area (Å²) in [5.41, 5.74) is 0.0413. The molecule has 0 aliphatic carbocycles. The van der Waals surface area contributed by atoms with Crippen molar-refractivity contribution < 1.29 is 4.92 Å². The van der Waals surface area contributed by atoms with Crippen molar-refractivity contribution >= 4 is 11.5 Å². The maximum absolute atomic E-state index is 10.6. The molecule has 0 fully saturated rings. The van der Waals surface area contributed by atoms with E-state index in [0.717, 1.165) is 13.0 Å². The van der Waals surface area contributed by atoms with Gasteiger partial charge in [0.05, 0.1) is 11.0 Å². The minimum Gasteiger partial charge on any atom is -0.370 e. The van der Waals surface area contributed by atoms with Crippen molar-refractivity contribution in [3.8, 4) is 0 Å². The van der Waals surface area contributed by atoms with Gasteiger partial charge in [0.2, 0.25) is 0 Å². The van der Waals surface area contributed by atoms with Gasteiger partial charge in [-0.15, -0.1) is 0 Å². The number of rotatable bonds is 6. The number of aromatic nitrogens is 3. The molecular formula is C11H13N5O2. The van der Waals surface area contributed by atoms with Crippen LogP contribution in [-0.4, -0.2) is 26.2 Å². The van der Waals surface area contributed by atoms with Crippen molar-refractivity contribution in [3.05, 3.63) is 46.9 Å². The third kappa shape index (κ3) is 3.27. The molecule has 0 aromatic carbocycles. The quantitative estimate of drug-likeness (QED) is 0.477. The summed E-state index contributed by atoms with van der Waals surface area (Å²) >= 11 is 0. The highest BCUT2D eigenvalue weighted by Crippen LogP contribution is 2.13. The largest absolute Gasteiger partial charge is 0.370 e. The summed E-state index contributed by atoms with van der Waals surface area (Å²) in [4.78, 5) is 14.2. The first-order valence-electron chi connectivity index (χ1n) is 5.57. The van der Waals surface area contributed by atoms with Gasteiger partial charge in [-0.3, -0.25) is 14.8 Å². The van der Waals surface area contributed by atoms with Crippen molar-refractivity contribution in [2.24, 2.45) is 0 Å². The highest BCUT2D eigenvalue weighted by Gasteiger charge is 2.05. The van der Waals surface area contributed by atoms with Crippen molar-refractivity contribution in [3.63, 3.8) is 0 Å². The Hall–Kier alpha value is -2.44. The molecule has 0 aliphatic rings. The van der Waals surface area contributed by atoms with Gasteiger partial charge < -0.3 is 5.32 Å². The summed E-state index contributed by atoms with van der Waals surface area (Å²) < 4.78 is 1.84. The third-order valence-electron chi connectivity index (χ3n) is 2.38. The van der Waals surface area contributed by atoms with E-state index in [1.807, 2.05) is 16.9 Å². The molecular weight excluding hydrogens is 234 g/mol. The van der Waals surface area contributed by atoms with E-state index < -0.39 is 4.92 Å². The van der Waals surface area contributed by atoms with Crippen molar-refractivity contribution in [2.45, 2.75) is 13.0 Å². The SMILES string of the molecule is O=[N+]([O-])c1ccnc(NCCCn2cccn2)c1. The lowest BCUT2D eigenvalue weighted by Crippen LogP contribution is -2.08. The maximum atomic E-state index is 10.6. The first-order valence-corrected chi connectivity index (χ1v) is 5.57. The summed E-state index contributed by atoms with van der Waals surface area (Å²) in [5.74, 6) is 0.518. The average Bonchev–Trinajstić information content (AvgIpc) is 2.88. The number of nitrogens with zero attached hydrogens (tertiary/aromatic N) is 4. The molecule has 0 atom stereocenters. The zero-order chi connectivity index (χ0) is 12.8. The van der Waals surface area contributed by atoms with Crippen LogP contribution in [0.1, 0.15) is 6.42 Å². The second kappa shape index (κ2) is 5.76. The van der Waals surface area contributed by atoms with Crippen LogP contribution in [0, 0.1) is 10.1 Å². The normalized spacial score (nSPS) is 10.2. The van der Waals surface area contributed by atoms with E-state index in [1.54, 1.807) is 6.20 Å². The van der Waals surface area contributed by atoms with E-state index in [2.05, 4.69) is 15.4 Å². The number of nitrogens with one attached hydrogen (secondary N) is 1. The Kier molecular flexibility index (Phi) is 3.85. The fourth-order valence-electron chi connectivity index (χ4n) is 1.52. The van der Waals surface area contributed by atoms with Gasteiger partial charge in [-0.05, 0) is 12.5 Å². The Morgan fingerprint density at radius 2 is 2.33 bits per heavy atom. The average molecular weight is 247 g/mol. The molecule has 0 unspecified atom stereocenters. The Balaban J connectivity index is 1.79. The Morgan fingerprint density at radius 1 is 1.44 bits per heavy atom. The molecule has 0 radical (unpaired) electrons. The minimum atomic E-state index is -0.434. The zero-order valence-corrected chi connectivity index (χ0v) is 9.69. The molecule has 0 amide bonds. The predicted octanol–water partition coefficient (Wildman–Crippen LogP) is 1.69. The highest BCUT2D eigenvalue weighted by molar-refractivity contribution is 5.43. The lowest BCUT2D eigenvalue weighted by Gasteiger charge is -2.05. The topological polar surface area (TPSA) is 85.9 Å². The molecule has 1 N–H and O–H groups in total. The summed E-state index contributed by atoms with van der Waals surface area (Å²) in [6.45, 7) is 1.49. The first kappa shape index (κ1) is 12.0. The number of hydrogen-bond donors (Lipinski definition) is 1. The van der Waals surface area contributed by atoms with Crippen LogP contribution in [0.5, 0.6) is 0 Å². The second-order valence-electron chi connectivity index (χ2n) is 3.71. The van der Waals surface area contributed by atoms with Crippen LogP contribution in [0.15, 0.2) is 36.8 Å². The Morgan fingerprint density at radius 3 is 3.06 bits per heavy atom. The van der Waals surface area contributed by atoms with Gasteiger partial charge in [-0.1, -0.05) is 0 Å². The van der Waals surface area contributed by atoms with E-state index in [-0.39, 0.29) is 5.69 Å². The van der Waals surface area contributed by atoms with E-state index in [1.165, 1.54) is 18.3 Å². The molecule has 0 saturated heterocycles. The summed E-state index contributed by atoms with van der Waals surface area (Å²) in [5, 5.41) is 17.7. The van der Waals surface area contributed by atoms with Gasteiger partial charge in [-0.25, -0.2) is 4.98 Å². The van der Waals surface area contributed by atoms with E-state index >= 15 is 0 Å². The van der Waals surface area contributed by atoms with Crippen LogP contribution >= 0.6 is 0 Å². The first-order chi connectivity index (χ1) is 8.75. The Labute approximate surface area is 104 Å². The van der Waals surface area contributed by atoms with Crippen LogP contribution < -0.4 is 5.32 Å². The zero-order valence-electron chi connectivity index (χ0n) is 9.69. The molecule has 18 heavy (non-hydrogen) atoms. The molecule has 7 heteroatoms. The van der Waals surface area contributed by atoms with Crippen LogP contribution in [0.25, 0.3) is 0 Å². The van der Waals surface area contributed by atoms with Crippen LogP contribution in [0.3, 0.4) is 0 Å². The molecule has 2 aromatic rings. The number of anilines is 1. The van der Waals surface area contributed by atoms with E-state index in [0.29, 0.717) is 12.4 Å². The fraction of sp³-hybridized carbons (Fsp3) is 0.273. The molecule has 7 nitrogen and oxygen atoms in total. The Bertz CT molecular complexity index is 512. The molecule has 2 rings (SSSR count). The minimum absolute atomic E-state index is 0.0413. The van der Waals surface area contributed by atoms with Gasteiger partial charge in [-0.2, -0.15) is 5.10 Å². The molecule has 94 valence electrons. The van der Waals surface area contributed by atoms with Gasteiger partial charge in [0.25, 0.3) is 5.69 Å². The summed E-state index contributed by atoms with van der Waals surface area (Å²) in [6.07, 6.45) is 5.92. The third-order valence-corrected chi connectivity index (χ3v) is 2.38. The van der Waals surface area contributed by atoms with E-state index in [4.69, 9.17) is 0 Å². The van der Waals surface area contributed by atoms with Crippen LogP contribution in [-0.2, 0) is 6.54 Å². The van der Waals surface area contributed by atoms with E-state index in [9.17, 15) is 10.1 Å². The molecule has 2 aromatic heterocycles. The van der Waals surface area contributed by atoms with Crippen molar-refractivity contribution in [2.75, 3.05) is 11.9 Å². The lowest BCUT2D eigenvalue weighted by molar-refractivity contribution is -0.384. The maximum Gasteiger partial charge on any atom is 0.274 e. The molecule has 0 saturated carbocycles. The van der Waals surface area contributed by atoms with Crippen LogP contribution in [0.4, 0.5) is 11.5 Å². The number of pyridine rings is 1. The standard InChI is InChI=1S/C11H13N5O2/c17-16(18)10-3-6-13-11(9-10)12-4-1-7-15-8-2-5-14-15/h2-3,5-6,8-9H,1,4,7H2,(H,12,13). The van der Waals surface area contributed by atoms with Crippen LogP contribution in [0.2, 0.25) is 0 Å². The smallest absolute Gasteiger partial charge is 0.274 e. The van der Waals surface area contributed by atoms with Gasteiger partial charge in [0, 0.05) is 37.7 Å². The molecule has 0 bridgehead atoms. The second-order valence-corrected chi connectivity index (χ2v) is 3.71. The predicted molar refractivity (Wildman–Crippen MR) is 66.2 cm³/mol. The lowest BCUT2D eigenvalue weighted by atomic mass is 10.3. The highest BCUT2D eigenvalue weighted by atomic mass is 16.6. The van der Waals surface area contributed by atoms with Gasteiger partial charge in [0.1, 0.15) is 5.82 Å². The number of aryl methyl sites for hydroxylation is 1. The summed E-state index contributed by atoms with van der Waals surface area (Å²) in [7, 11) is 0. The van der Waals surface area contributed by atoms with Crippen molar-refractivity contribution in [1.82, 2.24) is 14.8 Å². The molecule has 2 heterocycles. The number of nitro groups is 1. The van der Waals surface area contributed by atoms with Gasteiger partial charge >= 0.3 is 0 Å². The van der Waals surface area contributed by atoms with Gasteiger partial charge in [0.15, 0.2) is 0 Å². The number of hydrogen-bond acceptors (Lipinski definition) is 5.